The number of nitrogens with one attached hydrogen (secondary N) is 2. The third-order valence-corrected chi connectivity index (χ3v) is 5.44. The molecule has 0 fully saturated rings. The van der Waals surface area contributed by atoms with Gasteiger partial charge >= 0.3 is 11.9 Å². The zero-order valence-electron chi connectivity index (χ0n) is 16.5. The Morgan fingerprint density at radius 1 is 0.867 bits per heavy atom. The average Bonchev–Trinajstić information content (AvgIpc) is 2.73. The second-order valence-corrected chi connectivity index (χ2v) is 7.77. The van der Waals surface area contributed by atoms with Crippen LogP contribution in [0.5, 0.6) is 0 Å². The minimum absolute atomic E-state index is 0.0123. The Bertz CT molecular complexity index is 817. The number of benzene rings is 2. The molecule has 0 spiro atoms. The summed E-state index contributed by atoms with van der Waals surface area (Å²) >= 11 is 1.47. The van der Waals surface area contributed by atoms with Crippen molar-refractivity contribution in [2.24, 2.45) is 0 Å². The Labute approximate surface area is 179 Å². The maximum absolute atomic E-state index is 12.6. The van der Waals surface area contributed by atoms with Gasteiger partial charge in [0.2, 0.25) is 5.91 Å². The van der Waals surface area contributed by atoms with Crippen molar-refractivity contribution in [3.63, 3.8) is 0 Å². The normalized spacial score (nSPS) is 12.7. The Hall–Kier alpha value is -2.84. The highest BCUT2D eigenvalue weighted by molar-refractivity contribution is 7.98. The van der Waals surface area contributed by atoms with Gasteiger partial charge in [0, 0.05) is 18.1 Å². The molecule has 0 aromatic heterocycles. The van der Waals surface area contributed by atoms with Crippen LogP contribution < -0.4 is 10.6 Å². The second kappa shape index (κ2) is 12.7. The zero-order valence-corrected chi connectivity index (χ0v) is 17.3. The van der Waals surface area contributed by atoms with Crippen LogP contribution in [0.1, 0.15) is 17.5 Å². The number of aliphatic carboxylic acids is 2. The molecule has 2 aromatic carbocycles. The molecule has 7 nitrogen and oxygen atoms in total. The van der Waals surface area contributed by atoms with E-state index in [0.29, 0.717) is 12.2 Å². The lowest BCUT2D eigenvalue weighted by atomic mass is 10.0. The van der Waals surface area contributed by atoms with Gasteiger partial charge in [-0.1, -0.05) is 60.7 Å². The Kier molecular flexibility index (Phi) is 9.90. The summed E-state index contributed by atoms with van der Waals surface area (Å²) in [5, 5.41) is 23.9. The molecule has 0 saturated carbocycles. The minimum Gasteiger partial charge on any atom is -0.481 e. The van der Waals surface area contributed by atoms with Crippen LogP contribution in [0.2, 0.25) is 0 Å². The van der Waals surface area contributed by atoms with Crippen LogP contribution in [0.25, 0.3) is 0 Å². The number of hydrogen-bond donors (Lipinski definition) is 4. The number of carboxylic acid groups (broad SMARTS) is 2. The fourth-order valence-corrected chi connectivity index (χ4v) is 3.82. The lowest BCUT2D eigenvalue weighted by Gasteiger charge is -2.23. The summed E-state index contributed by atoms with van der Waals surface area (Å²) in [5.74, 6) is -1.51. The number of carbonyl (C=O) groups excluding carboxylic acids is 1. The van der Waals surface area contributed by atoms with E-state index in [0.717, 1.165) is 11.1 Å². The summed E-state index contributed by atoms with van der Waals surface area (Å²) < 4.78 is 0. The molecule has 2 aromatic rings. The van der Waals surface area contributed by atoms with E-state index in [9.17, 15) is 19.5 Å². The second-order valence-electron chi connectivity index (χ2n) is 6.74. The summed E-state index contributed by atoms with van der Waals surface area (Å²) in [7, 11) is 0. The molecule has 0 aliphatic carbocycles. The highest BCUT2D eigenvalue weighted by Crippen LogP contribution is 2.14. The minimum atomic E-state index is -1.04. The first kappa shape index (κ1) is 23.4. The molecule has 160 valence electrons. The highest BCUT2D eigenvalue weighted by atomic mass is 32.2. The zero-order chi connectivity index (χ0) is 21.8. The van der Waals surface area contributed by atoms with E-state index in [1.165, 1.54) is 11.8 Å². The molecule has 2 atom stereocenters. The van der Waals surface area contributed by atoms with Gasteiger partial charge in [-0.2, -0.15) is 11.8 Å². The molecule has 2 rings (SSSR count). The SMILES string of the molecule is O=C(O)CCNC(=O)[C@H](Cc1ccccc1)NC(CSCc1ccccc1)C(=O)O. The number of rotatable bonds is 13. The predicted molar refractivity (Wildman–Crippen MR) is 116 cm³/mol. The van der Waals surface area contributed by atoms with Crippen molar-refractivity contribution in [1.29, 1.82) is 0 Å². The molecular formula is C22H26N2O5S. The number of carbonyl (C=O) groups is 3. The van der Waals surface area contributed by atoms with E-state index in [-0.39, 0.29) is 18.7 Å². The average molecular weight is 431 g/mol. The van der Waals surface area contributed by atoms with Gasteiger partial charge in [0.25, 0.3) is 0 Å². The standard InChI is InChI=1S/C22H26N2O5S/c25-20(26)11-12-23-21(27)18(13-16-7-3-1-4-8-16)24-19(22(28)29)15-30-14-17-9-5-2-6-10-17/h1-10,18-19,24H,11-15H2,(H,23,27)(H,25,26)(H,28,29)/t18-,19?/m0/s1. The summed E-state index contributed by atoms with van der Waals surface area (Å²) in [6.45, 7) is -0.0123. The number of thioether (sulfide) groups is 1. The van der Waals surface area contributed by atoms with Crippen LogP contribution in [0.3, 0.4) is 0 Å². The van der Waals surface area contributed by atoms with E-state index in [1.807, 2.05) is 60.7 Å². The van der Waals surface area contributed by atoms with Crippen LogP contribution in [-0.2, 0) is 26.6 Å². The van der Waals surface area contributed by atoms with E-state index in [1.54, 1.807) is 0 Å². The molecule has 30 heavy (non-hydrogen) atoms. The van der Waals surface area contributed by atoms with Crippen molar-refractivity contribution in [3.8, 4) is 0 Å². The van der Waals surface area contributed by atoms with Gasteiger partial charge in [-0.3, -0.25) is 19.7 Å². The smallest absolute Gasteiger partial charge is 0.321 e. The van der Waals surface area contributed by atoms with Crippen LogP contribution in [-0.4, -0.2) is 52.4 Å². The Morgan fingerprint density at radius 2 is 1.47 bits per heavy atom. The largest absolute Gasteiger partial charge is 0.481 e. The van der Waals surface area contributed by atoms with Crippen molar-refractivity contribution in [1.82, 2.24) is 10.6 Å². The van der Waals surface area contributed by atoms with Gasteiger partial charge in [0.1, 0.15) is 6.04 Å². The maximum Gasteiger partial charge on any atom is 0.321 e. The van der Waals surface area contributed by atoms with E-state index < -0.39 is 29.9 Å². The van der Waals surface area contributed by atoms with Gasteiger partial charge in [0.05, 0.1) is 12.5 Å². The first-order valence-electron chi connectivity index (χ1n) is 9.59. The van der Waals surface area contributed by atoms with Crippen LogP contribution >= 0.6 is 11.8 Å². The first-order chi connectivity index (χ1) is 14.5. The molecule has 0 radical (unpaired) electrons. The van der Waals surface area contributed by atoms with Gasteiger partial charge in [-0.15, -0.1) is 0 Å². The van der Waals surface area contributed by atoms with Crippen molar-refractivity contribution in [2.45, 2.75) is 30.7 Å². The monoisotopic (exact) mass is 430 g/mol. The molecule has 1 amide bonds. The molecule has 4 N–H and O–H groups in total. The third-order valence-electron chi connectivity index (χ3n) is 4.33. The molecule has 0 heterocycles. The van der Waals surface area contributed by atoms with Crippen molar-refractivity contribution >= 4 is 29.6 Å². The Balaban J connectivity index is 2.00. The molecular weight excluding hydrogens is 404 g/mol. The number of hydrogen-bond acceptors (Lipinski definition) is 5. The summed E-state index contributed by atoms with van der Waals surface area (Å²) in [5.41, 5.74) is 1.98. The first-order valence-corrected chi connectivity index (χ1v) is 10.7. The van der Waals surface area contributed by atoms with Crippen LogP contribution in [0, 0.1) is 0 Å². The molecule has 1 unspecified atom stereocenters. The number of amides is 1. The van der Waals surface area contributed by atoms with E-state index in [4.69, 9.17) is 5.11 Å². The van der Waals surface area contributed by atoms with Gasteiger partial charge in [-0.25, -0.2) is 0 Å². The summed E-state index contributed by atoms with van der Waals surface area (Å²) in [4.78, 5) is 35.1. The van der Waals surface area contributed by atoms with Gasteiger partial charge in [0.15, 0.2) is 0 Å². The molecule has 0 bridgehead atoms. The summed E-state index contributed by atoms with van der Waals surface area (Å²) in [6, 6.07) is 17.3. The fourth-order valence-electron chi connectivity index (χ4n) is 2.80. The molecule has 0 aliphatic rings. The van der Waals surface area contributed by atoms with Gasteiger partial charge < -0.3 is 15.5 Å². The van der Waals surface area contributed by atoms with Crippen molar-refractivity contribution < 1.29 is 24.6 Å². The fraction of sp³-hybridized carbons (Fsp3) is 0.318. The van der Waals surface area contributed by atoms with E-state index >= 15 is 0 Å². The predicted octanol–water partition coefficient (Wildman–Crippen LogP) is 2.16. The molecule has 0 saturated heterocycles. The molecule has 0 aliphatic heterocycles. The van der Waals surface area contributed by atoms with Crippen LogP contribution in [0.15, 0.2) is 60.7 Å². The number of carboxylic acids is 2. The lowest BCUT2D eigenvalue weighted by molar-refractivity contribution is -0.139. The maximum atomic E-state index is 12.6. The quantitative estimate of drug-likeness (QED) is 0.385. The third kappa shape index (κ3) is 8.67. The van der Waals surface area contributed by atoms with E-state index in [2.05, 4.69) is 10.6 Å². The van der Waals surface area contributed by atoms with Crippen molar-refractivity contribution in [3.05, 3.63) is 71.8 Å². The lowest BCUT2D eigenvalue weighted by Crippen LogP contribution is -2.53. The summed E-state index contributed by atoms with van der Waals surface area (Å²) in [6.07, 6.45) is 0.103. The highest BCUT2D eigenvalue weighted by Gasteiger charge is 2.26. The Morgan fingerprint density at radius 3 is 2.03 bits per heavy atom. The van der Waals surface area contributed by atoms with Gasteiger partial charge in [-0.05, 0) is 17.5 Å². The molecule has 8 heteroatoms. The topological polar surface area (TPSA) is 116 Å². The van der Waals surface area contributed by atoms with Crippen LogP contribution in [0.4, 0.5) is 0 Å². The van der Waals surface area contributed by atoms with Crippen molar-refractivity contribution in [2.75, 3.05) is 12.3 Å².